The van der Waals surface area contributed by atoms with Gasteiger partial charge in [0.1, 0.15) is 15.7 Å². The molecule has 0 radical (unpaired) electrons. The smallest absolute Gasteiger partial charge is 0.234 e. The van der Waals surface area contributed by atoms with Crippen LogP contribution in [-0.2, 0) is 4.79 Å². The summed E-state index contributed by atoms with van der Waals surface area (Å²) < 4.78 is 0. The average molecular weight is 454 g/mol. The van der Waals surface area contributed by atoms with Gasteiger partial charge in [-0.2, -0.15) is 0 Å². The summed E-state index contributed by atoms with van der Waals surface area (Å²) in [6.07, 6.45) is 3.53. The van der Waals surface area contributed by atoms with Gasteiger partial charge in [-0.1, -0.05) is 35.5 Å². The van der Waals surface area contributed by atoms with Crippen LogP contribution in [0.3, 0.4) is 0 Å². The lowest BCUT2D eigenvalue weighted by Crippen LogP contribution is -2.14. The monoisotopic (exact) mass is 453 g/mol. The number of pyridine rings is 1. The van der Waals surface area contributed by atoms with Crippen molar-refractivity contribution in [2.24, 2.45) is 0 Å². The van der Waals surface area contributed by atoms with Gasteiger partial charge in [0.2, 0.25) is 5.91 Å². The Morgan fingerprint density at radius 2 is 2.00 bits per heavy atom. The van der Waals surface area contributed by atoms with Crippen LogP contribution in [0.2, 0.25) is 5.02 Å². The number of aromatic nitrogens is 4. The van der Waals surface area contributed by atoms with Crippen LogP contribution in [0.4, 0.5) is 5.69 Å². The predicted molar refractivity (Wildman–Crippen MR) is 122 cm³/mol. The summed E-state index contributed by atoms with van der Waals surface area (Å²) in [5.74, 6) is 0.0580. The lowest BCUT2D eigenvalue weighted by atomic mass is 10.3. The van der Waals surface area contributed by atoms with Crippen molar-refractivity contribution < 1.29 is 4.79 Å². The molecule has 0 spiro atoms. The normalized spacial score (nSPS) is 10.7. The minimum absolute atomic E-state index is 0.154. The number of thiazole rings is 1. The maximum Gasteiger partial charge on any atom is 0.234 e. The Balaban J connectivity index is 1.40. The van der Waals surface area contributed by atoms with E-state index in [1.54, 1.807) is 35.9 Å². The fourth-order valence-electron chi connectivity index (χ4n) is 2.65. The highest BCUT2D eigenvalue weighted by Gasteiger charge is 2.14. The molecule has 1 N–H and O–H groups in total. The molecule has 1 amide bonds. The molecule has 1 aromatic carbocycles. The lowest BCUT2D eigenvalue weighted by Gasteiger charge is -2.06. The molecule has 0 aliphatic rings. The van der Waals surface area contributed by atoms with E-state index in [9.17, 15) is 4.79 Å². The number of carbonyl (C=O) groups excluding carboxylic acids is 1. The molecule has 0 atom stereocenters. The Labute approximate surface area is 186 Å². The lowest BCUT2D eigenvalue weighted by molar-refractivity contribution is -0.113. The summed E-state index contributed by atoms with van der Waals surface area (Å²) in [4.78, 5) is 21.9. The molecule has 9 heteroatoms. The number of anilines is 1. The van der Waals surface area contributed by atoms with Crippen LogP contribution >= 0.6 is 34.7 Å². The Hall–Kier alpha value is -2.81. The van der Waals surface area contributed by atoms with E-state index in [4.69, 9.17) is 11.6 Å². The second-order valence-corrected chi connectivity index (χ2v) is 8.65. The maximum atomic E-state index is 12.2. The molecule has 4 rings (SSSR count). The number of rotatable bonds is 6. The second kappa shape index (κ2) is 9.34. The molecule has 3 heterocycles. The van der Waals surface area contributed by atoms with Crippen LogP contribution in [-0.4, -0.2) is 31.8 Å². The average Bonchev–Trinajstić information content (AvgIpc) is 3.16. The van der Waals surface area contributed by atoms with E-state index in [2.05, 4.69) is 25.5 Å². The van der Waals surface area contributed by atoms with Gasteiger partial charge in [-0.15, -0.1) is 21.5 Å². The topological polar surface area (TPSA) is 80.7 Å². The van der Waals surface area contributed by atoms with Crippen molar-refractivity contribution in [2.75, 3.05) is 11.1 Å². The van der Waals surface area contributed by atoms with E-state index in [0.717, 1.165) is 26.8 Å². The quantitative estimate of drug-likeness (QED) is 0.396. The number of nitrogens with one attached hydrogen (secondary N) is 1. The summed E-state index contributed by atoms with van der Waals surface area (Å²) in [5, 5.41) is 13.4. The first-order chi connectivity index (χ1) is 14.6. The number of amides is 1. The molecule has 3 aromatic heterocycles. The largest absolute Gasteiger partial charge is 0.324 e. The SMILES string of the molecule is Cc1nc(-c2cccnc2)sc1-c1ccc(SCC(=O)Nc2ccccc2Cl)nn1. The van der Waals surface area contributed by atoms with Crippen LogP contribution in [0.25, 0.3) is 21.1 Å². The molecule has 0 saturated heterocycles. The van der Waals surface area contributed by atoms with Crippen LogP contribution < -0.4 is 5.32 Å². The summed E-state index contributed by atoms with van der Waals surface area (Å²) in [6, 6.07) is 14.8. The highest BCUT2D eigenvalue weighted by Crippen LogP contribution is 2.34. The fraction of sp³-hybridized carbons (Fsp3) is 0.0952. The molecule has 6 nitrogen and oxygen atoms in total. The molecule has 0 bridgehead atoms. The highest BCUT2D eigenvalue weighted by molar-refractivity contribution is 7.99. The van der Waals surface area contributed by atoms with Crippen LogP contribution in [0.1, 0.15) is 5.69 Å². The Morgan fingerprint density at radius 1 is 1.13 bits per heavy atom. The summed E-state index contributed by atoms with van der Waals surface area (Å²) >= 11 is 8.93. The maximum absolute atomic E-state index is 12.2. The van der Waals surface area contributed by atoms with Gasteiger partial charge in [0.15, 0.2) is 0 Å². The van der Waals surface area contributed by atoms with Gasteiger partial charge < -0.3 is 5.32 Å². The molecular formula is C21H16ClN5OS2. The van der Waals surface area contributed by atoms with Gasteiger partial charge in [-0.05, 0) is 43.3 Å². The number of hydrogen-bond donors (Lipinski definition) is 1. The molecular weight excluding hydrogens is 438 g/mol. The number of hydrogen-bond acceptors (Lipinski definition) is 7. The number of benzene rings is 1. The van der Waals surface area contributed by atoms with E-state index < -0.39 is 0 Å². The molecule has 0 fully saturated rings. The van der Waals surface area contributed by atoms with E-state index >= 15 is 0 Å². The minimum Gasteiger partial charge on any atom is -0.324 e. The third-order valence-electron chi connectivity index (χ3n) is 4.08. The van der Waals surface area contributed by atoms with Gasteiger partial charge in [-0.25, -0.2) is 4.98 Å². The predicted octanol–water partition coefficient (Wildman–Crippen LogP) is 5.35. The zero-order chi connectivity index (χ0) is 20.9. The van der Waals surface area contributed by atoms with Crippen molar-refractivity contribution in [1.82, 2.24) is 20.2 Å². The number of aryl methyl sites for hydroxylation is 1. The van der Waals surface area contributed by atoms with Crippen molar-refractivity contribution in [3.8, 4) is 21.1 Å². The Bertz CT molecular complexity index is 1170. The van der Waals surface area contributed by atoms with E-state index in [1.165, 1.54) is 11.8 Å². The highest BCUT2D eigenvalue weighted by atomic mass is 35.5. The van der Waals surface area contributed by atoms with Crippen molar-refractivity contribution in [1.29, 1.82) is 0 Å². The van der Waals surface area contributed by atoms with E-state index in [0.29, 0.717) is 15.7 Å². The Morgan fingerprint density at radius 3 is 2.73 bits per heavy atom. The molecule has 4 aromatic rings. The van der Waals surface area contributed by atoms with Crippen molar-refractivity contribution in [3.05, 3.63) is 71.6 Å². The van der Waals surface area contributed by atoms with Gasteiger partial charge in [0, 0.05) is 18.0 Å². The number of thioether (sulfide) groups is 1. The molecule has 0 saturated carbocycles. The third-order valence-corrected chi connectivity index (χ3v) is 6.56. The van der Waals surface area contributed by atoms with E-state index in [-0.39, 0.29) is 11.7 Å². The van der Waals surface area contributed by atoms with E-state index in [1.807, 2.05) is 43.3 Å². The van der Waals surface area contributed by atoms with Crippen LogP contribution in [0.5, 0.6) is 0 Å². The molecule has 0 unspecified atom stereocenters. The standard InChI is InChI=1S/C21H16ClN5OS2/c1-13-20(30-21(24-13)14-5-4-10-23-11-14)17-8-9-19(27-26-17)29-12-18(28)25-16-7-3-2-6-15(16)22/h2-11H,12H2,1H3,(H,25,28). The first-order valence-electron chi connectivity index (χ1n) is 8.99. The number of para-hydroxylation sites is 1. The first-order valence-corrected chi connectivity index (χ1v) is 11.2. The Kier molecular flexibility index (Phi) is 6.37. The van der Waals surface area contributed by atoms with Crippen molar-refractivity contribution in [2.45, 2.75) is 11.9 Å². The third kappa shape index (κ3) is 4.84. The summed E-state index contributed by atoms with van der Waals surface area (Å²) in [5.41, 5.74) is 3.22. The molecule has 30 heavy (non-hydrogen) atoms. The van der Waals surface area contributed by atoms with Crippen LogP contribution in [0.15, 0.2) is 66.0 Å². The second-order valence-electron chi connectivity index (χ2n) is 6.25. The van der Waals surface area contributed by atoms with Crippen molar-refractivity contribution >= 4 is 46.3 Å². The van der Waals surface area contributed by atoms with Gasteiger partial charge in [0.25, 0.3) is 0 Å². The molecule has 0 aliphatic carbocycles. The zero-order valence-electron chi connectivity index (χ0n) is 15.9. The molecule has 0 aliphatic heterocycles. The number of nitrogens with zero attached hydrogens (tertiary/aromatic N) is 4. The molecule has 150 valence electrons. The fourth-order valence-corrected chi connectivity index (χ4v) is 4.47. The summed E-state index contributed by atoms with van der Waals surface area (Å²) in [7, 11) is 0. The van der Waals surface area contributed by atoms with Crippen molar-refractivity contribution in [3.63, 3.8) is 0 Å². The number of halogens is 1. The minimum atomic E-state index is -0.154. The zero-order valence-corrected chi connectivity index (χ0v) is 18.3. The van der Waals surface area contributed by atoms with Gasteiger partial charge >= 0.3 is 0 Å². The van der Waals surface area contributed by atoms with Crippen LogP contribution in [0, 0.1) is 6.92 Å². The first kappa shape index (κ1) is 20.5. The van der Waals surface area contributed by atoms with Gasteiger partial charge in [-0.3, -0.25) is 9.78 Å². The number of carbonyl (C=O) groups is 1. The van der Waals surface area contributed by atoms with Gasteiger partial charge in [0.05, 0.1) is 27.0 Å². The summed E-state index contributed by atoms with van der Waals surface area (Å²) in [6.45, 7) is 1.95.